The minimum Gasteiger partial charge on any atom is -0.490 e. The Morgan fingerprint density at radius 1 is 1.60 bits per heavy atom. The Morgan fingerprint density at radius 2 is 2.27 bits per heavy atom. The van der Waals surface area contributed by atoms with Gasteiger partial charge in [0.25, 0.3) is 0 Å². The standard InChI is InChI=1S/C8H13N5O2/c1-13(3-5(9)14)8-6(15-2)7(10)11-4-12-8/h4H,3H2,1-2H3,(H2,9,14)(H2,10,11,12). The van der Waals surface area contributed by atoms with Gasteiger partial charge in [-0.05, 0) is 0 Å². The molecule has 0 saturated carbocycles. The summed E-state index contributed by atoms with van der Waals surface area (Å²) in [5, 5.41) is 0. The predicted octanol–water partition coefficient (Wildman–Crippen LogP) is -1.01. The lowest BCUT2D eigenvalue weighted by Crippen LogP contribution is -2.31. The van der Waals surface area contributed by atoms with Crippen LogP contribution in [0.25, 0.3) is 0 Å². The summed E-state index contributed by atoms with van der Waals surface area (Å²) in [5.41, 5.74) is 10.6. The lowest BCUT2D eigenvalue weighted by molar-refractivity contribution is -0.116. The quantitative estimate of drug-likeness (QED) is 0.660. The second-order valence-corrected chi connectivity index (χ2v) is 2.94. The highest BCUT2D eigenvalue weighted by atomic mass is 16.5. The van der Waals surface area contributed by atoms with Crippen molar-refractivity contribution in [2.24, 2.45) is 5.73 Å². The molecule has 0 fully saturated rings. The number of carbonyl (C=O) groups excluding carboxylic acids is 1. The van der Waals surface area contributed by atoms with Gasteiger partial charge in [-0.2, -0.15) is 0 Å². The first-order chi connectivity index (χ1) is 7.06. The van der Waals surface area contributed by atoms with Crippen molar-refractivity contribution in [1.82, 2.24) is 9.97 Å². The zero-order chi connectivity index (χ0) is 11.4. The van der Waals surface area contributed by atoms with Crippen LogP contribution in [0.5, 0.6) is 5.75 Å². The van der Waals surface area contributed by atoms with Crippen LogP contribution in [0.4, 0.5) is 11.6 Å². The molecule has 82 valence electrons. The van der Waals surface area contributed by atoms with Gasteiger partial charge in [-0.1, -0.05) is 0 Å². The number of nitrogens with zero attached hydrogens (tertiary/aromatic N) is 3. The van der Waals surface area contributed by atoms with Crippen molar-refractivity contribution >= 4 is 17.5 Å². The Morgan fingerprint density at radius 3 is 2.80 bits per heavy atom. The molecule has 0 aromatic carbocycles. The maximum atomic E-state index is 10.7. The molecule has 1 amide bonds. The third kappa shape index (κ3) is 2.46. The van der Waals surface area contributed by atoms with Crippen molar-refractivity contribution in [3.63, 3.8) is 0 Å². The van der Waals surface area contributed by atoms with Gasteiger partial charge in [0.05, 0.1) is 13.7 Å². The van der Waals surface area contributed by atoms with E-state index in [9.17, 15) is 4.79 Å². The van der Waals surface area contributed by atoms with Crippen LogP contribution in [0.2, 0.25) is 0 Å². The van der Waals surface area contributed by atoms with Crippen LogP contribution in [0.3, 0.4) is 0 Å². The van der Waals surface area contributed by atoms with Crippen molar-refractivity contribution in [3.05, 3.63) is 6.33 Å². The van der Waals surface area contributed by atoms with Gasteiger partial charge >= 0.3 is 0 Å². The largest absolute Gasteiger partial charge is 0.490 e. The molecule has 4 N–H and O–H groups in total. The third-order valence-electron chi connectivity index (χ3n) is 1.77. The van der Waals surface area contributed by atoms with Gasteiger partial charge in [-0.25, -0.2) is 9.97 Å². The summed E-state index contributed by atoms with van der Waals surface area (Å²) in [6, 6.07) is 0. The van der Waals surface area contributed by atoms with E-state index in [1.807, 2.05) is 0 Å². The number of methoxy groups -OCH3 is 1. The summed E-state index contributed by atoms with van der Waals surface area (Å²) in [4.78, 5) is 20.0. The van der Waals surface area contributed by atoms with Crippen LogP contribution in [0.15, 0.2) is 6.33 Å². The molecule has 0 aliphatic carbocycles. The second kappa shape index (κ2) is 4.45. The van der Waals surface area contributed by atoms with E-state index >= 15 is 0 Å². The molecule has 0 atom stereocenters. The van der Waals surface area contributed by atoms with E-state index in [0.29, 0.717) is 11.6 Å². The monoisotopic (exact) mass is 211 g/mol. The van der Waals surface area contributed by atoms with Crippen molar-refractivity contribution < 1.29 is 9.53 Å². The minimum absolute atomic E-state index is 0.0345. The Kier molecular flexibility index (Phi) is 3.27. The number of ether oxygens (including phenoxy) is 1. The van der Waals surface area contributed by atoms with Crippen molar-refractivity contribution in [3.8, 4) is 5.75 Å². The highest BCUT2D eigenvalue weighted by Crippen LogP contribution is 2.28. The maximum Gasteiger partial charge on any atom is 0.236 e. The fraction of sp³-hybridized carbons (Fsp3) is 0.375. The van der Waals surface area contributed by atoms with Crippen molar-refractivity contribution in [1.29, 1.82) is 0 Å². The summed E-state index contributed by atoms with van der Waals surface area (Å²) in [6.45, 7) is 0.0345. The number of nitrogens with two attached hydrogens (primary N) is 2. The number of hydrogen-bond acceptors (Lipinski definition) is 6. The molecular formula is C8H13N5O2. The van der Waals surface area contributed by atoms with Crippen LogP contribution < -0.4 is 21.1 Å². The molecule has 0 saturated heterocycles. The summed E-state index contributed by atoms with van der Waals surface area (Å²) < 4.78 is 5.04. The zero-order valence-corrected chi connectivity index (χ0v) is 8.60. The van der Waals surface area contributed by atoms with Crippen molar-refractivity contribution in [2.75, 3.05) is 31.3 Å². The van der Waals surface area contributed by atoms with Gasteiger partial charge in [-0.15, -0.1) is 0 Å². The van der Waals surface area contributed by atoms with E-state index in [2.05, 4.69) is 9.97 Å². The number of hydrogen-bond donors (Lipinski definition) is 2. The maximum absolute atomic E-state index is 10.7. The van der Waals surface area contributed by atoms with E-state index in [-0.39, 0.29) is 12.4 Å². The molecule has 7 nitrogen and oxygen atoms in total. The normalized spacial score (nSPS) is 9.73. The summed E-state index contributed by atoms with van der Waals surface area (Å²) in [7, 11) is 3.12. The number of carbonyl (C=O) groups is 1. The van der Waals surface area contributed by atoms with Gasteiger partial charge < -0.3 is 21.1 Å². The van der Waals surface area contributed by atoms with Gasteiger partial charge in [0.1, 0.15) is 6.33 Å². The van der Waals surface area contributed by atoms with Crippen molar-refractivity contribution in [2.45, 2.75) is 0 Å². The molecule has 0 bridgehead atoms. The van der Waals surface area contributed by atoms with Crippen LogP contribution in [-0.2, 0) is 4.79 Å². The van der Waals surface area contributed by atoms with Gasteiger partial charge in [0.15, 0.2) is 11.6 Å². The Hall–Kier alpha value is -2.05. The summed E-state index contributed by atoms with van der Waals surface area (Å²) in [6.07, 6.45) is 1.30. The molecule has 1 rings (SSSR count). The molecule has 1 aromatic rings. The predicted molar refractivity (Wildman–Crippen MR) is 55.5 cm³/mol. The summed E-state index contributed by atoms with van der Waals surface area (Å²) >= 11 is 0. The van der Waals surface area contributed by atoms with Crippen LogP contribution in [-0.4, -0.2) is 36.6 Å². The van der Waals surface area contributed by atoms with E-state index in [0.717, 1.165) is 0 Å². The number of anilines is 2. The highest BCUT2D eigenvalue weighted by Gasteiger charge is 2.14. The fourth-order valence-corrected chi connectivity index (χ4v) is 1.15. The van der Waals surface area contributed by atoms with E-state index < -0.39 is 5.91 Å². The number of amides is 1. The van der Waals surface area contributed by atoms with Gasteiger partial charge in [0, 0.05) is 7.05 Å². The van der Waals surface area contributed by atoms with Gasteiger partial charge in [0.2, 0.25) is 11.7 Å². The lowest BCUT2D eigenvalue weighted by Gasteiger charge is -2.18. The minimum atomic E-state index is -0.461. The van der Waals surface area contributed by atoms with Crippen LogP contribution >= 0.6 is 0 Å². The smallest absolute Gasteiger partial charge is 0.236 e. The average Bonchev–Trinajstić information content (AvgIpc) is 2.16. The number of nitrogen functional groups attached to an aromatic ring is 1. The first-order valence-electron chi connectivity index (χ1n) is 4.20. The first kappa shape index (κ1) is 11.0. The molecule has 0 radical (unpaired) electrons. The topological polar surface area (TPSA) is 107 Å². The fourth-order valence-electron chi connectivity index (χ4n) is 1.15. The lowest BCUT2D eigenvalue weighted by atomic mass is 10.4. The zero-order valence-electron chi connectivity index (χ0n) is 8.60. The molecule has 0 unspecified atom stereocenters. The summed E-state index contributed by atoms with van der Waals surface area (Å²) in [5.74, 6) is 0.528. The number of primary amides is 1. The van der Waals surface area contributed by atoms with Crippen LogP contribution in [0, 0.1) is 0 Å². The molecule has 1 heterocycles. The SMILES string of the molecule is COc1c(N)ncnc1N(C)CC(N)=O. The Bertz CT molecular complexity index is 368. The number of aromatic nitrogens is 2. The molecule has 0 aliphatic rings. The van der Waals surface area contributed by atoms with Crippen LogP contribution in [0.1, 0.15) is 0 Å². The van der Waals surface area contributed by atoms with E-state index in [4.69, 9.17) is 16.2 Å². The molecule has 0 aliphatic heterocycles. The first-order valence-corrected chi connectivity index (χ1v) is 4.20. The molecule has 7 heteroatoms. The number of likely N-dealkylation sites (N-methyl/N-ethyl adjacent to an activating group) is 1. The average molecular weight is 211 g/mol. The molecular weight excluding hydrogens is 198 g/mol. The van der Waals surface area contributed by atoms with E-state index in [1.54, 1.807) is 11.9 Å². The molecule has 0 spiro atoms. The second-order valence-electron chi connectivity index (χ2n) is 2.94. The van der Waals surface area contributed by atoms with Gasteiger partial charge in [-0.3, -0.25) is 4.79 Å². The molecule has 15 heavy (non-hydrogen) atoms. The Balaban J connectivity index is 3.02. The Labute approximate surface area is 87.0 Å². The highest BCUT2D eigenvalue weighted by molar-refractivity contribution is 5.80. The molecule has 1 aromatic heterocycles. The van der Waals surface area contributed by atoms with E-state index in [1.165, 1.54) is 13.4 Å². The number of rotatable bonds is 4. The third-order valence-corrected chi connectivity index (χ3v) is 1.77.